The number of phenols is 1. The summed E-state index contributed by atoms with van der Waals surface area (Å²) in [7, 11) is 0. The summed E-state index contributed by atoms with van der Waals surface area (Å²) in [6.45, 7) is 1.86. The predicted octanol–water partition coefficient (Wildman–Crippen LogP) is 3.48. The van der Waals surface area contributed by atoms with Gasteiger partial charge in [0.25, 0.3) is 5.91 Å². The number of amides is 1. The van der Waals surface area contributed by atoms with Crippen LogP contribution < -0.4 is 5.32 Å². The number of anilines is 1. The van der Waals surface area contributed by atoms with Gasteiger partial charge in [-0.1, -0.05) is 0 Å². The number of benzene rings is 1. The summed E-state index contributed by atoms with van der Waals surface area (Å²) in [5, 5.41) is 20.9. The molecule has 5 nitrogen and oxygen atoms in total. The summed E-state index contributed by atoms with van der Waals surface area (Å²) in [6, 6.07) is 5.47. The smallest absolute Gasteiger partial charge is 0.337 e. The van der Waals surface area contributed by atoms with E-state index in [-0.39, 0.29) is 17.0 Å². The van der Waals surface area contributed by atoms with E-state index in [1.165, 1.54) is 23.5 Å². The molecule has 0 aliphatic heterocycles. The van der Waals surface area contributed by atoms with Gasteiger partial charge in [-0.25, -0.2) is 4.79 Å². The fraction of sp³-hybridized carbons (Fsp3) is 0.0769. The maximum atomic E-state index is 12.1. The van der Waals surface area contributed by atoms with Crippen LogP contribution in [0.5, 0.6) is 5.75 Å². The van der Waals surface area contributed by atoms with Crippen LogP contribution in [0.3, 0.4) is 0 Å². The quantitative estimate of drug-likeness (QED) is 0.735. The largest absolute Gasteiger partial charge is 0.508 e. The molecule has 2 aromatic rings. The summed E-state index contributed by atoms with van der Waals surface area (Å²) in [5.74, 6) is -1.79. The molecule has 2 rings (SSSR count). The van der Waals surface area contributed by atoms with Crippen LogP contribution in [-0.2, 0) is 0 Å². The van der Waals surface area contributed by atoms with Gasteiger partial charge >= 0.3 is 5.97 Å². The van der Waals surface area contributed by atoms with Gasteiger partial charge in [-0.05, 0) is 52.7 Å². The number of carboxylic acids is 1. The number of rotatable bonds is 3. The van der Waals surface area contributed by atoms with Crippen LogP contribution in [0.4, 0.5) is 5.69 Å². The van der Waals surface area contributed by atoms with Crippen LogP contribution >= 0.6 is 27.3 Å². The summed E-state index contributed by atoms with van der Waals surface area (Å²) < 4.78 is 0.854. The first-order valence-corrected chi connectivity index (χ1v) is 7.13. The van der Waals surface area contributed by atoms with Crippen molar-refractivity contribution >= 4 is 44.8 Å². The van der Waals surface area contributed by atoms with Crippen LogP contribution in [0.25, 0.3) is 0 Å². The zero-order chi connectivity index (χ0) is 14.9. The van der Waals surface area contributed by atoms with Crippen LogP contribution in [-0.4, -0.2) is 22.1 Å². The monoisotopic (exact) mass is 355 g/mol. The van der Waals surface area contributed by atoms with Crippen molar-refractivity contribution in [3.8, 4) is 5.75 Å². The van der Waals surface area contributed by atoms with Crippen LogP contribution in [0.2, 0.25) is 0 Å². The molecular formula is C13H10BrNO4S. The Morgan fingerprint density at radius 3 is 2.55 bits per heavy atom. The lowest BCUT2D eigenvalue weighted by molar-refractivity contribution is 0.0697. The molecule has 1 aromatic heterocycles. The second kappa shape index (κ2) is 5.64. The van der Waals surface area contributed by atoms with Crippen molar-refractivity contribution in [3.63, 3.8) is 0 Å². The van der Waals surface area contributed by atoms with Crippen molar-refractivity contribution < 1.29 is 19.8 Å². The van der Waals surface area contributed by atoms with Gasteiger partial charge in [0.05, 0.1) is 19.9 Å². The number of thiophene rings is 1. The van der Waals surface area contributed by atoms with Crippen molar-refractivity contribution in [1.29, 1.82) is 0 Å². The second-order valence-electron chi connectivity index (χ2n) is 4.06. The Labute approximate surface area is 127 Å². The Balaban J connectivity index is 2.30. The van der Waals surface area contributed by atoms with Crippen LogP contribution in [0, 0.1) is 6.92 Å². The minimum absolute atomic E-state index is 0.141. The average Bonchev–Trinajstić information content (AvgIpc) is 2.71. The highest BCUT2D eigenvalue weighted by atomic mass is 79.9. The highest BCUT2D eigenvalue weighted by molar-refractivity contribution is 9.11. The van der Waals surface area contributed by atoms with Gasteiger partial charge in [0.15, 0.2) is 0 Å². The first kappa shape index (κ1) is 14.5. The van der Waals surface area contributed by atoms with E-state index < -0.39 is 11.9 Å². The van der Waals surface area contributed by atoms with Crippen molar-refractivity contribution in [2.24, 2.45) is 0 Å². The Kier molecular flexibility index (Phi) is 4.10. The minimum atomic E-state index is -1.22. The average molecular weight is 356 g/mol. The summed E-state index contributed by atoms with van der Waals surface area (Å²) in [6.07, 6.45) is 0. The predicted molar refractivity (Wildman–Crippen MR) is 79.8 cm³/mol. The maximum absolute atomic E-state index is 12.1. The van der Waals surface area contributed by atoms with E-state index in [4.69, 9.17) is 5.11 Å². The van der Waals surface area contributed by atoms with E-state index >= 15 is 0 Å². The minimum Gasteiger partial charge on any atom is -0.508 e. The Bertz CT molecular complexity index is 676. The van der Waals surface area contributed by atoms with Gasteiger partial charge in [-0.3, -0.25) is 4.79 Å². The highest BCUT2D eigenvalue weighted by Crippen LogP contribution is 2.28. The molecule has 1 heterocycles. The number of aromatic carboxylic acids is 1. The third kappa shape index (κ3) is 3.00. The molecule has 20 heavy (non-hydrogen) atoms. The molecule has 0 radical (unpaired) electrons. The Hall–Kier alpha value is -1.86. The number of hydrogen-bond acceptors (Lipinski definition) is 4. The standard InChI is InChI=1S/C13H10BrNO4S/c1-6-4-10(20-11(6)14)12(17)15-9-3-2-7(16)5-8(9)13(18)19/h2-5,16H,1H3,(H,15,17)(H,18,19). The summed E-state index contributed by atoms with van der Waals surface area (Å²) in [5.41, 5.74) is 0.914. The molecule has 0 bridgehead atoms. The van der Waals surface area contributed by atoms with Crippen molar-refractivity contribution in [2.45, 2.75) is 6.92 Å². The zero-order valence-corrected chi connectivity index (χ0v) is 12.7. The molecule has 3 N–H and O–H groups in total. The van der Waals surface area contributed by atoms with E-state index in [1.54, 1.807) is 6.07 Å². The lowest BCUT2D eigenvalue weighted by Gasteiger charge is -2.07. The molecule has 0 aliphatic carbocycles. The SMILES string of the molecule is Cc1cc(C(=O)Nc2ccc(O)cc2C(=O)O)sc1Br. The second-order valence-corrected chi connectivity index (χ2v) is 6.43. The van der Waals surface area contributed by atoms with Gasteiger partial charge < -0.3 is 15.5 Å². The third-order valence-corrected chi connectivity index (χ3v) is 4.70. The number of aryl methyl sites for hydroxylation is 1. The number of aromatic hydroxyl groups is 1. The lowest BCUT2D eigenvalue weighted by Crippen LogP contribution is -2.13. The lowest BCUT2D eigenvalue weighted by atomic mass is 10.1. The highest BCUT2D eigenvalue weighted by Gasteiger charge is 2.16. The number of carbonyl (C=O) groups excluding carboxylic acids is 1. The van der Waals surface area contributed by atoms with Gasteiger partial charge in [0, 0.05) is 0 Å². The molecule has 104 valence electrons. The first-order valence-electron chi connectivity index (χ1n) is 5.52. The molecule has 0 fully saturated rings. The fourth-order valence-electron chi connectivity index (χ4n) is 1.57. The summed E-state index contributed by atoms with van der Waals surface area (Å²) >= 11 is 4.60. The number of phenolic OH excluding ortho intramolecular Hbond substituents is 1. The third-order valence-electron chi connectivity index (χ3n) is 2.56. The maximum Gasteiger partial charge on any atom is 0.337 e. The van der Waals surface area contributed by atoms with Gasteiger partial charge in [-0.2, -0.15) is 0 Å². The van der Waals surface area contributed by atoms with Crippen molar-refractivity contribution in [2.75, 3.05) is 5.32 Å². The molecule has 1 amide bonds. The molecule has 0 saturated heterocycles. The molecule has 0 atom stereocenters. The number of carboxylic acid groups (broad SMARTS) is 1. The van der Waals surface area contributed by atoms with Crippen molar-refractivity contribution in [3.05, 3.63) is 44.1 Å². The number of nitrogens with one attached hydrogen (secondary N) is 1. The topological polar surface area (TPSA) is 86.6 Å². The molecule has 0 saturated carbocycles. The fourth-order valence-corrected chi connectivity index (χ4v) is 3.00. The molecule has 0 unspecified atom stereocenters. The van der Waals surface area contributed by atoms with Gasteiger partial charge in [-0.15, -0.1) is 11.3 Å². The molecule has 7 heteroatoms. The van der Waals surface area contributed by atoms with Gasteiger partial charge in [0.1, 0.15) is 5.75 Å². The zero-order valence-electron chi connectivity index (χ0n) is 10.3. The Morgan fingerprint density at radius 1 is 1.30 bits per heavy atom. The van der Waals surface area contributed by atoms with E-state index in [0.717, 1.165) is 15.4 Å². The van der Waals surface area contributed by atoms with E-state index in [2.05, 4.69) is 21.2 Å². The van der Waals surface area contributed by atoms with Crippen molar-refractivity contribution in [1.82, 2.24) is 0 Å². The van der Waals surface area contributed by atoms with Crippen LogP contribution in [0.1, 0.15) is 25.6 Å². The molecule has 0 spiro atoms. The summed E-state index contributed by atoms with van der Waals surface area (Å²) in [4.78, 5) is 23.6. The van der Waals surface area contributed by atoms with Crippen LogP contribution in [0.15, 0.2) is 28.1 Å². The normalized spacial score (nSPS) is 10.3. The number of halogens is 1. The van der Waals surface area contributed by atoms with E-state index in [1.807, 2.05) is 6.92 Å². The van der Waals surface area contributed by atoms with E-state index in [0.29, 0.717) is 4.88 Å². The Morgan fingerprint density at radius 2 is 2.00 bits per heavy atom. The molecule has 0 aliphatic rings. The first-order chi connectivity index (χ1) is 9.38. The molecular weight excluding hydrogens is 346 g/mol. The number of carbonyl (C=O) groups is 2. The number of hydrogen-bond donors (Lipinski definition) is 3. The van der Waals surface area contributed by atoms with E-state index in [9.17, 15) is 14.7 Å². The molecule has 1 aromatic carbocycles. The van der Waals surface area contributed by atoms with Gasteiger partial charge in [0.2, 0.25) is 0 Å².